The van der Waals surface area contributed by atoms with Gasteiger partial charge in [0.05, 0.1) is 12.3 Å². The summed E-state index contributed by atoms with van der Waals surface area (Å²) in [5.74, 6) is 0.711. The van der Waals surface area contributed by atoms with Gasteiger partial charge in [0.2, 0.25) is 5.91 Å². The fourth-order valence-electron chi connectivity index (χ4n) is 2.02. The van der Waals surface area contributed by atoms with E-state index < -0.39 is 0 Å². The van der Waals surface area contributed by atoms with Crippen LogP contribution in [0.5, 0.6) is 0 Å². The fourth-order valence-corrected chi connectivity index (χ4v) is 2.95. The molecular formula is C14H20N4O3S. The number of anilines is 1. The van der Waals surface area contributed by atoms with Crippen LogP contribution in [-0.4, -0.2) is 56.0 Å². The first kappa shape index (κ1) is 16.6. The smallest absolute Gasteiger partial charge is 0.322 e. The first-order chi connectivity index (χ1) is 10.7. The zero-order valence-corrected chi connectivity index (χ0v) is 13.3. The molecule has 2 N–H and O–H groups in total. The van der Waals surface area contributed by atoms with Crippen molar-refractivity contribution in [3.63, 3.8) is 0 Å². The zero-order valence-electron chi connectivity index (χ0n) is 12.5. The zero-order chi connectivity index (χ0) is 15.8. The van der Waals surface area contributed by atoms with E-state index in [-0.39, 0.29) is 18.4 Å². The third kappa shape index (κ3) is 4.60. The monoisotopic (exact) mass is 324 g/mol. The van der Waals surface area contributed by atoms with E-state index in [1.165, 1.54) is 0 Å². The number of aromatic nitrogens is 1. The van der Waals surface area contributed by atoms with E-state index in [1.807, 2.05) is 12.1 Å². The summed E-state index contributed by atoms with van der Waals surface area (Å²) >= 11 is 1.64. The lowest BCUT2D eigenvalue weighted by atomic mass is 10.3. The number of nitrogens with zero attached hydrogens (tertiary/aromatic N) is 2. The van der Waals surface area contributed by atoms with Gasteiger partial charge in [-0.1, -0.05) is 0 Å². The number of fused-ring (bicyclic) bond motifs is 1. The third-order valence-corrected chi connectivity index (χ3v) is 4.07. The number of nitrogens with one attached hydrogen (secondary N) is 2. The highest BCUT2D eigenvalue weighted by Crippen LogP contribution is 2.32. The highest BCUT2D eigenvalue weighted by Gasteiger charge is 2.23. The van der Waals surface area contributed by atoms with Gasteiger partial charge in [-0.3, -0.25) is 9.69 Å². The maximum Gasteiger partial charge on any atom is 0.322 e. The van der Waals surface area contributed by atoms with Crippen molar-refractivity contribution in [2.75, 3.05) is 44.0 Å². The van der Waals surface area contributed by atoms with Gasteiger partial charge in [0.1, 0.15) is 5.03 Å². The van der Waals surface area contributed by atoms with Crippen LogP contribution >= 0.6 is 11.8 Å². The Balaban J connectivity index is 1.78. The second-order valence-electron chi connectivity index (χ2n) is 4.65. The minimum Gasteiger partial charge on any atom is -0.383 e. The normalized spacial score (nSPS) is 13.4. The Bertz CT molecular complexity index is 527. The number of amides is 3. The molecule has 8 heteroatoms. The first-order valence-corrected chi connectivity index (χ1v) is 8.09. The summed E-state index contributed by atoms with van der Waals surface area (Å²) in [7, 11) is 1.58. The minimum atomic E-state index is -0.195. The Morgan fingerprint density at radius 3 is 3.09 bits per heavy atom. The molecular weight excluding hydrogens is 304 g/mol. The molecule has 1 aromatic rings. The average molecular weight is 324 g/mol. The Morgan fingerprint density at radius 1 is 1.41 bits per heavy atom. The summed E-state index contributed by atoms with van der Waals surface area (Å²) < 4.78 is 4.85. The van der Waals surface area contributed by atoms with Gasteiger partial charge in [-0.25, -0.2) is 9.78 Å². The molecule has 0 aromatic carbocycles. The molecule has 0 aliphatic carbocycles. The number of hydrogen-bond acceptors (Lipinski definition) is 5. The number of rotatable bonds is 6. The van der Waals surface area contributed by atoms with Crippen molar-refractivity contribution >= 4 is 29.4 Å². The van der Waals surface area contributed by atoms with E-state index in [0.717, 1.165) is 16.5 Å². The number of carbonyl (C=O) groups excluding carboxylic acids is 2. The van der Waals surface area contributed by atoms with Gasteiger partial charge in [0.15, 0.2) is 0 Å². The van der Waals surface area contributed by atoms with Crippen molar-refractivity contribution in [3.8, 4) is 0 Å². The summed E-state index contributed by atoms with van der Waals surface area (Å²) in [5, 5.41) is 6.35. The lowest BCUT2D eigenvalue weighted by Gasteiger charge is -2.28. The molecule has 1 aliphatic rings. The Morgan fingerprint density at radius 2 is 2.27 bits per heavy atom. The number of ether oxygens (including phenoxy) is 1. The number of urea groups is 1. The average Bonchev–Trinajstić information content (AvgIpc) is 2.54. The second-order valence-corrected chi connectivity index (χ2v) is 5.74. The largest absolute Gasteiger partial charge is 0.383 e. The number of carbonyl (C=O) groups is 2. The SMILES string of the molecule is COCCNC(=O)CCNC(=O)N1CCSc2ncccc21. The van der Waals surface area contributed by atoms with Crippen LogP contribution in [0.15, 0.2) is 23.4 Å². The van der Waals surface area contributed by atoms with Crippen LogP contribution in [0.3, 0.4) is 0 Å². The number of pyridine rings is 1. The second kappa shape index (κ2) is 8.60. The van der Waals surface area contributed by atoms with Gasteiger partial charge < -0.3 is 15.4 Å². The molecule has 2 heterocycles. The summed E-state index contributed by atoms with van der Waals surface area (Å²) in [4.78, 5) is 29.7. The van der Waals surface area contributed by atoms with Crippen molar-refractivity contribution < 1.29 is 14.3 Å². The van der Waals surface area contributed by atoms with Crippen LogP contribution < -0.4 is 15.5 Å². The highest BCUT2D eigenvalue weighted by molar-refractivity contribution is 7.99. The minimum absolute atomic E-state index is 0.103. The first-order valence-electron chi connectivity index (χ1n) is 7.11. The van der Waals surface area contributed by atoms with Gasteiger partial charge in [-0.05, 0) is 12.1 Å². The summed E-state index contributed by atoms with van der Waals surface area (Å²) in [6, 6.07) is 3.50. The van der Waals surface area contributed by atoms with Crippen molar-refractivity contribution in [2.24, 2.45) is 0 Å². The topological polar surface area (TPSA) is 83.6 Å². The molecule has 0 bridgehead atoms. The van der Waals surface area contributed by atoms with Crippen molar-refractivity contribution in [1.29, 1.82) is 0 Å². The predicted octanol–water partition coefficient (Wildman–Crippen LogP) is 0.856. The summed E-state index contributed by atoms with van der Waals surface area (Å²) in [6.45, 7) is 1.89. The molecule has 2 rings (SSSR count). The van der Waals surface area contributed by atoms with Crippen LogP contribution in [0.2, 0.25) is 0 Å². The van der Waals surface area contributed by atoms with E-state index in [4.69, 9.17) is 4.74 Å². The Hall–Kier alpha value is -1.80. The maximum atomic E-state index is 12.2. The predicted molar refractivity (Wildman–Crippen MR) is 85.2 cm³/mol. The molecule has 7 nitrogen and oxygen atoms in total. The molecule has 0 saturated heterocycles. The molecule has 0 unspecified atom stereocenters. The van der Waals surface area contributed by atoms with Crippen LogP contribution in [0.1, 0.15) is 6.42 Å². The fraction of sp³-hybridized carbons (Fsp3) is 0.500. The van der Waals surface area contributed by atoms with E-state index in [0.29, 0.717) is 26.2 Å². The molecule has 22 heavy (non-hydrogen) atoms. The molecule has 0 radical (unpaired) electrons. The van der Waals surface area contributed by atoms with E-state index >= 15 is 0 Å². The Labute approximate surface area is 133 Å². The van der Waals surface area contributed by atoms with E-state index in [1.54, 1.807) is 30.0 Å². The van der Waals surface area contributed by atoms with Gasteiger partial charge in [-0.15, -0.1) is 11.8 Å². The summed E-state index contributed by atoms with van der Waals surface area (Å²) in [5.41, 5.74) is 0.820. The quantitative estimate of drug-likeness (QED) is 0.758. The van der Waals surface area contributed by atoms with E-state index in [9.17, 15) is 9.59 Å². The number of hydrogen-bond donors (Lipinski definition) is 2. The number of thioether (sulfide) groups is 1. The summed E-state index contributed by atoms with van der Waals surface area (Å²) in [6.07, 6.45) is 1.97. The van der Waals surface area contributed by atoms with Gasteiger partial charge in [0.25, 0.3) is 0 Å². The molecule has 120 valence electrons. The molecule has 1 aliphatic heterocycles. The van der Waals surface area contributed by atoms with Gasteiger partial charge in [0, 0.05) is 45.1 Å². The lowest BCUT2D eigenvalue weighted by molar-refractivity contribution is -0.121. The molecule has 0 saturated carbocycles. The molecule has 0 spiro atoms. The highest BCUT2D eigenvalue weighted by atomic mass is 32.2. The van der Waals surface area contributed by atoms with Crippen molar-refractivity contribution in [3.05, 3.63) is 18.3 Å². The van der Waals surface area contributed by atoms with Crippen LogP contribution in [0.4, 0.5) is 10.5 Å². The molecule has 0 fully saturated rings. The Kier molecular flexibility index (Phi) is 6.47. The standard InChI is InChI=1S/C14H20N4O3S/c1-21-9-7-15-12(19)4-6-17-14(20)18-8-10-22-13-11(18)3-2-5-16-13/h2-3,5H,4,6-10H2,1H3,(H,15,19)(H,17,20). The van der Waals surface area contributed by atoms with Gasteiger partial charge in [-0.2, -0.15) is 0 Å². The third-order valence-electron chi connectivity index (χ3n) is 3.10. The molecule has 1 aromatic heterocycles. The molecule has 0 atom stereocenters. The van der Waals surface area contributed by atoms with Crippen molar-refractivity contribution in [1.82, 2.24) is 15.6 Å². The molecule has 3 amide bonds. The number of methoxy groups -OCH3 is 1. The van der Waals surface area contributed by atoms with Crippen LogP contribution in [0, 0.1) is 0 Å². The van der Waals surface area contributed by atoms with Gasteiger partial charge >= 0.3 is 6.03 Å². The van der Waals surface area contributed by atoms with Crippen molar-refractivity contribution in [2.45, 2.75) is 11.4 Å². The van der Waals surface area contributed by atoms with E-state index in [2.05, 4.69) is 15.6 Å². The lowest BCUT2D eigenvalue weighted by Crippen LogP contribution is -2.44. The van der Waals surface area contributed by atoms with Crippen LogP contribution in [0.25, 0.3) is 0 Å². The maximum absolute atomic E-state index is 12.2. The van der Waals surface area contributed by atoms with Crippen LogP contribution in [-0.2, 0) is 9.53 Å².